The smallest absolute Gasteiger partial charge is 0.273 e. The van der Waals surface area contributed by atoms with Gasteiger partial charge in [0.05, 0.1) is 32.7 Å². The summed E-state index contributed by atoms with van der Waals surface area (Å²) in [4.78, 5) is 30.5. The number of hydrazone groups is 1. The number of hydrogen-bond acceptors (Lipinski definition) is 8. The molecule has 0 spiro atoms. The molecule has 3 aromatic rings. The molecule has 4 rings (SSSR count). The fraction of sp³-hybridized carbons (Fsp3) is 0.240. The van der Waals surface area contributed by atoms with Crippen molar-refractivity contribution in [1.82, 2.24) is 9.55 Å². The van der Waals surface area contributed by atoms with Crippen molar-refractivity contribution in [2.24, 2.45) is 12.1 Å². The van der Waals surface area contributed by atoms with Crippen LogP contribution in [0.15, 0.2) is 52.4 Å². The number of rotatable bonds is 6. The van der Waals surface area contributed by atoms with E-state index in [0.29, 0.717) is 34.9 Å². The third kappa shape index (κ3) is 4.31. The molecule has 0 fully saturated rings. The Balaban J connectivity index is 1.86. The van der Waals surface area contributed by atoms with E-state index in [9.17, 15) is 14.9 Å². The van der Waals surface area contributed by atoms with Crippen molar-refractivity contribution in [3.05, 3.63) is 63.9 Å². The van der Waals surface area contributed by atoms with Gasteiger partial charge in [0.2, 0.25) is 11.9 Å². The molecule has 0 bridgehead atoms. The fourth-order valence-corrected chi connectivity index (χ4v) is 3.77. The monoisotopic (exact) mass is 473 g/mol. The van der Waals surface area contributed by atoms with Crippen LogP contribution in [-0.2, 0) is 11.8 Å². The van der Waals surface area contributed by atoms with E-state index in [2.05, 4.69) is 10.1 Å². The second-order valence-corrected chi connectivity index (χ2v) is 7.66. The van der Waals surface area contributed by atoms with Gasteiger partial charge in [0.1, 0.15) is 17.4 Å². The predicted molar refractivity (Wildman–Crippen MR) is 129 cm³/mol. The van der Waals surface area contributed by atoms with E-state index >= 15 is 0 Å². The van der Waals surface area contributed by atoms with Crippen LogP contribution in [0.4, 0.5) is 5.95 Å². The van der Waals surface area contributed by atoms with Gasteiger partial charge >= 0.3 is 0 Å². The zero-order valence-electron chi connectivity index (χ0n) is 19.7. The standard InChI is InChI=1S/C25H23N5O5/c1-29-24(32)18(14-26)23(16-7-11-20(34-3)21(13-16)35-4)27-25(29)30-22(31)12-10-19(28-30)15-5-8-17(33-2)9-6-15/h5-9,11,13H,10,12H2,1-4H3. The lowest BCUT2D eigenvalue weighted by Crippen LogP contribution is -2.37. The Morgan fingerprint density at radius 3 is 2.23 bits per heavy atom. The van der Waals surface area contributed by atoms with E-state index in [1.54, 1.807) is 25.3 Å². The number of nitriles is 1. The molecular formula is C25H23N5O5. The minimum absolute atomic E-state index is 0.00879. The van der Waals surface area contributed by atoms with Gasteiger partial charge in [0, 0.05) is 25.5 Å². The van der Waals surface area contributed by atoms with E-state index < -0.39 is 5.56 Å². The van der Waals surface area contributed by atoms with Crippen molar-refractivity contribution in [2.75, 3.05) is 26.3 Å². The first-order valence-corrected chi connectivity index (χ1v) is 10.7. The first-order valence-electron chi connectivity index (χ1n) is 10.7. The van der Waals surface area contributed by atoms with Gasteiger partial charge in [-0.15, -0.1) is 0 Å². The number of carbonyl (C=O) groups is 1. The summed E-state index contributed by atoms with van der Waals surface area (Å²) in [6.45, 7) is 0. The topological polar surface area (TPSA) is 119 Å². The predicted octanol–water partition coefficient (Wildman–Crippen LogP) is 2.88. The molecule has 0 aliphatic carbocycles. The van der Waals surface area contributed by atoms with Crippen LogP contribution in [0.3, 0.4) is 0 Å². The number of nitrogens with zero attached hydrogens (tertiary/aromatic N) is 5. The van der Waals surface area contributed by atoms with E-state index in [1.807, 2.05) is 30.3 Å². The molecule has 0 saturated carbocycles. The van der Waals surface area contributed by atoms with Crippen molar-refractivity contribution in [1.29, 1.82) is 5.26 Å². The van der Waals surface area contributed by atoms with Crippen LogP contribution >= 0.6 is 0 Å². The molecule has 35 heavy (non-hydrogen) atoms. The van der Waals surface area contributed by atoms with Crippen LogP contribution in [0.5, 0.6) is 17.2 Å². The highest BCUT2D eigenvalue weighted by molar-refractivity contribution is 6.08. The second-order valence-electron chi connectivity index (χ2n) is 7.66. The van der Waals surface area contributed by atoms with Gasteiger partial charge in [0.25, 0.3) is 5.56 Å². The maximum absolute atomic E-state index is 13.1. The number of benzene rings is 2. The summed E-state index contributed by atoms with van der Waals surface area (Å²) >= 11 is 0. The van der Waals surface area contributed by atoms with E-state index in [1.165, 1.54) is 21.3 Å². The van der Waals surface area contributed by atoms with Gasteiger partial charge in [0.15, 0.2) is 11.5 Å². The third-order valence-corrected chi connectivity index (χ3v) is 5.68. The van der Waals surface area contributed by atoms with Crippen molar-refractivity contribution in [3.63, 3.8) is 0 Å². The molecule has 1 amide bonds. The number of amides is 1. The molecule has 2 aromatic carbocycles. The number of aromatic nitrogens is 2. The number of carbonyl (C=O) groups excluding carboxylic acids is 1. The first kappa shape index (κ1) is 23.5. The molecule has 178 valence electrons. The maximum atomic E-state index is 13.1. The van der Waals surface area contributed by atoms with Crippen LogP contribution < -0.4 is 24.8 Å². The van der Waals surface area contributed by atoms with E-state index in [-0.39, 0.29) is 29.5 Å². The molecular weight excluding hydrogens is 450 g/mol. The molecule has 0 unspecified atom stereocenters. The number of methoxy groups -OCH3 is 3. The van der Waals surface area contributed by atoms with Crippen molar-refractivity contribution >= 4 is 17.6 Å². The summed E-state index contributed by atoms with van der Waals surface area (Å²) in [6.07, 6.45) is 0.626. The van der Waals surface area contributed by atoms with Gasteiger partial charge < -0.3 is 14.2 Å². The molecule has 0 saturated heterocycles. The Bertz CT molecular complexity index is 1420. The number of hydrogen-bond donors (Lipinski definition) is 0. The maximum Gasteiger partial charge on any atom is 0.273 e. The first-order chi connectivity index (χ1) is 16.9. The molecule has 2 heterocycles. The van der Waals surface area contributed by atoms with Crippen molar-refractivity contribution < 1.29 is 19.0 Å². The van der Waals surface area contributed by atoms with E-state index in [4.69, 9.17) is 14.2 Å². The molecule has 1 aliphatic heterocycles. The summed E-state index contributed by atoms with van der Waals surface area (Å²) in [5.41, 5.74) is 1.31. The molecule has 0 N–H and O–H groups in total. The van der Waals surface area contributed by atoms with Crippen LogP contribution in [-0.4, -0.2) is 42.5 Å². The Kier molecular flexibility index (Phi) is 6.51. The van der Waals surface area contributed by atoms with Crippen molar-refractivity contribution in [3.8, 4) is 34.6 Å². The summed E-state index contributed by atoms with van der Waals surface area (Å²) in [5.74, 6) is 1.29. The van der Waals surface area contributed by atoms with Gasteiger partial charge in [-0.25, -0.2) is 4.98 Å². The minimum atomic E-state index is -0.596. The summed E-state index contributed by atoms with van der Waals surface area (Å²) in [7, 11) is 6.03. The van der Waals surface area contributed by atoms with E-state index in [0.717, 1.165) is 15.1 Å². The SMILES string of the molecule is COc1ccc(C2=NN(c3nc(-c4ccc(OC)c(OC)c4)c(C#N)c(=O)n3C)C(=O)CC2)cc1. The third-order valence-electron chi connectivity index (χ3n) is 5.68. The molecule has 0 atom stereocenters. The molecule has 1 aromatic heterocycles. The lowest BCUT2D eigenvalue weighted by atomic mass is 10.0. The summed E-state index contributed by atoms with van der Waals surface area (Å²) in [5, 5.41) is 15.4. The largest absolute Gasteiger partial charge is 0.497 e. The Labute approximate surface area is 201 Å². The lowest BCUT2D eigenvalue weighted by Gasteiger charge is -2.25. The Hall–Kier alpha value is -4.65. The van der Waals surface area contributed by atoms with Crippen LogP contribution in [0.2, 0.25) is 0 Å². The van der Waals surface area contributed by atoms with Gasteiger partial charge in [-0.1, -0.05) is 0 Å². The minimum Gasteiger partial charge on any atom is -0.497 e. The zero-order valence-corrected chi connectivity index (χ0v) is 19.7. The lowest BCUT2D eigenvalue weighted by molar-refractivity contribution is -0.118. The highest BCUT2D eigenvalue weighted by Crippen LogP contribution is 2.33. The number of anilines is 1. The number of ether oxygens (including phenoxy) is 3. The van der Waals surface area contributed by atoms with Crippen molar-refractivity contribution in [2.45, 2.75) is 12.8 Å². The average Bonchev–Trinajstić information content (AvgIpc) is 2.90. The molecule has 1 aliphatic rings. The van der Waals surface area contributed by atoms with Crippen LogP contribution in [0.1, 0.15) is 24.0 Å². The molecule has 10 nitrogen and oxygen atoms in total. The quantitative estimate of drug-likeness (QED) is 0.540. The highest BCUT2D eigenvalue weighted by Gasteiger charge is 2.28. The second kappa shape index (κ2) is 9.69. The summed E-state index contributed by atoms with van der Waals surface area (Å²) in [6, 6.07) is 14.2. The molecule has 10 heteroatoms. The van der Waals surface area contributed by atoms with Crippen LogP contribution in [0, 0.1) is 11.3 Å². The van der Waals surface area contributed by atoms with Gasteiger partial charge in [-0.2, -0.15) is 15.4 Å². The Morgan fingerprint density at radius 1 is 0.914 bits per heavy atom. The molecule has 0 radical (unpaired) electrons. The normalized spacial score (nSPS) is 13.2. The van der Waals surface area contributed by atoms with Gasteiger partial charge in [-0.3, -0.25) is 14.2 Å². The van der Waals surface area contributed by atoms with Gasteiger partial charge in [-0.05, 0) is 48.0 Å². The summed E-state index contributed by atoms with van der Waals surface area (Å²) < 4.78 is 17.0. The highest BCUT2D eigenvalue weighted by atomic mass is 16.5. The Morgan fingerprint density at radius 2 is 1.60 bits per heavy atom. The fourth-order valence-electron chi connectivity index (χ4n) is 3.77. The average molecular weight is 473 g/mol. The zero-order chi connectivity index (χ0) is 25.1. The van der Waals surface area contributed by atoms with Crippen LogP contribution in [0.25, 0.3) is 11.3 Å².